The maximum absolute atomic E-state index is 12.9. The second kappa shape index (κ2) is 9.31. The van der Waals surface area contributed by atoms with Crippen LogP contribution in [-0.2, 0) is 17.8 Å². The monoisotopic (exact) mass is 412 g/mol. The van der Waals surface area contributed by atoms with Gasteiger partial charge in [0.25, 0.3) is 5.56 Å². The van der Waals surface area contributed by atoms with Crippen molar-refractivity contribution in [1.82, 2.24) is 19.9 Å². The lowest BCUT2D eigenvalue weighted by Gasteiger charge is -2.17. The van der Waals surface area contributed by atoms with Crippen LogP contribution in [-0.4, -0.2) is 26.2 Å². The number of thioether (sulfide) groups is 1. The normalized spacial score (nSPS) is 12.3. The Bertz CT molecular complexity index is 1050. The van der Waals surface area contributed by atoms with Gasteiger partial charge < -0.3 is 10.3 Å². The topological polar surface area (TPSA) is 79.8 Å². The summed E-state index contributed by atoms with van der Waals surface area (Å²) >= 11 is 1.30. The molecule has 0 fully saturated rings. The van der Waals surface area contributed by atoms with Gasteiger partial charge >= 0.3 is 0 Å². The highest BCUT2D eigenvalue weighted by molar-refractivity contribution is 7.99. The van der Waals surface area contributed by atoms with Gasteiger partial charge in [0.05, 0.1) is 11.3 Å². The van der Waals surface area contributed by atoms with Crippen LogP contribution in [0.2, 0.25) is 0 Å². The lowest BCUT2D eigenvalue weighted by Crippen LogP contribution is -2.28. The van der Waals surface area contributed by atoms with E-state index in [4.69, 9.17) is 0 Å². The highest BCUT2D eigenvalue weighted by Crippen LogP contribution is 2.22. The molecule has 0 radical (unpaired) electrons. The SMILES string of the molecule is CCc1ccc(CNC(=O)CSc2nc3cc(C)[nH]c3c(=O)n2[C@H](C)CC)cc1. The molecule has 0 unspecified atom stereocenters. The van der Waals surface area contributed by atoms with Crippen LogP contribution < -0.4 is 10.9 Å². The number of H-pyrrole nitrogens is 1. The lowest BCUT2D eigenvalue weighted by atomic mass is 10.1. The molecule has 29 heavy (non-hydrogen) atoms. The van der Waals surface area contributed by atoms with Crippen molar-refractivity contribution in [2.45, 2.75) is 58.3 Å². The number of carbonyl (C=O) groups excluding carboxylic acids is 1. The van der Waals surface area contributed by atoms with Crippen molar-refractivity contribution < 1.29 is 4.79 Å². The van der Waals surface area contributed by atoms with E-state index in [0.29, 0.717) is 22.7 Å². The second-order valence-electron chi connectivity index (χ2n) is 7.27. The number of aromatic nitrogens is 3. The van der Waals surface area contributed by atoms with Crippen molar-refractivity contribution in [3.8, 4) is 0 Å². The summed E-state index contributed by atoms with van der Waals surface area (Å²) in [5.74, 6) is 0.134. The standard InChI is InChI=1S/C22H28N4O2S/c1-5-15(4)26-21(28)20-18(11-14(3)24-20)25-22(26)29-13-19(27)23-12-17-9-7-16(6-2)8-10-17/h7-11,15,24H,5-6,12-13H2,1-4H3,(H,23,27)/t15-/m1/s1. The molecule has 1 atom stereocenters. The molecule has 2 heterocycles. The molecule has 154 valence electrons. The van der Waals surface area contributed by atoms with Crippen molar-refractivity contribution in [2.24, 2.45) is 0 Å². The minimum absolute atomic E-state index is 0.00523. The maximum Gasteiger partial charge on any atom is 0.278 e. The lowest BCUT2D eigenvalue weighted by molar-refractivity contribution is -0.118. The number of nitrogens with zero attached hydrogens (tertiary/aromatic N) is 2. The van der Waals surface area contributed by atoms with Gasteiger partial charge in [-0.1, -0.05) is 49.9 Å². The van der Waals surface area contributed by atoms with Gasteiger partial charge in [-0.3, -0.25) is 14.2 Å². The highest BCUT2D eigenvalue weighted by Gasteiger charge is 2.18. The zero-order valence-electron chi connectivity index (χ0n) is 17.4. The van der Waals surface area contributed by atoms with E-state index in [9.17, 15) is 9.59 Å². The molecule has 0 bridgehead atoms. The first-order valence-corrected chi connectivity index (χ1v) is 11.0. The Morgan fingerprint density at radius 3 is 2.59 bits per heavy atom. The number of carbonyl (C=O) groups is 1. The van der Waals surface area contributed by atoms with Crippen LogP contribution in [0.25, 0.3) is 11.0 Å². The van der Waals surface area contributed by atoms with Crippen molar-refractivity contribution in [2.75, 3.05) is 5.75 Å². The molecule has 1 aromatic carbocycles. The van der Waals surface area contributed by atoms with E-state index in [2.05, 4.69) is 34.3 Å². The molecule has 0 saturated heterocycles. The zero-order valence-corrected chi connectivity index (χ0v) is 18.2. The minimum atomic E-state index is -0.0867. The number of hydrogen-bond acceptors (Lipinski definition) is 4. The van der Waals surface area contributed by atoms with E-state index in [1.807, 2.05) is 39.0 Å². The van der Waals surface area contributed by atoms with Crippen LogP contribution in [0.3, 0.4) is 0 Å². The summed E-state index contributed by atoms with van der Waals surface area (Å²) in [6.45, 7) is 8.54. The molecule has 7 heteroatoms. The van der Waals surface area contributed by atoms with E-state index >= 15 is 0 Å². The molecule has 6 nitrogen and oxygen atoms in total. The number of fused-ring (bicyclic) bond motifs is 1. The van der Waals surface area contributed by atoms with Crippen molar-refractivity contribution in [3.63, 3.8) is 0 Å². The Morgan fingerprint density at radius 1 is 1.24 bits per heavy atom. The van der Waals surface area contributed by atoms with Crippen molar-refractivity contribution in [3.05, 3.63) is 57.5 Å². The third kappa shape index (κ3) is 4.90. The van der Waals surface area contributed by atoms with Crippen LogP contribution in [0.15, 0.2) is 40.3 Å². The molecule has 0 aliphatic rings. The van der Waals surface area contributed by atoms with Crippen molar-refractivity contribution >= 4 is 28.7 Å². The second-order valence-corrected chi connectivity index (χ2v) is 8.22. The fourth-order valence-electron chi connectivity index (χ4n) is 3.14. The summed E-state index contributed by atoms with van der Waals surface area (Å²) < 4.78 is 1.69. The average Bonchev–Trinajstić information content (AvgIpc) is 3.11. The number of aryl methyl sites for hydroxylation is 2. The Hall–Kier alpha value is -2.54. The van der Waals surface area contributed by atoms with E-state index in [1.54, 1.807) is 4.57 Å². The van der Waals surface area contributed by atoms with Crippen molar-refractivity contribution in [1.29, 1.82) is 0 Å². The molecule has 0 saturated carbocycles. The first kappa shape index (κ1) is 21.2. The van der Waals surface area contributed by atoms with Crippen LogP contribution in [0, 0.1) is 6.92 Å². The summed E-state index contributed by atoms with van der Waals surface area (Å²) in [6, 6.07) is 10.1. The number of amides is 1. The number of aromatic amines is 1. The Morgan fingerprint density at radius 2 is 1.93 bits per heavy atom. The predicted octanol–water partition coefficient (Wildman–Crippen LogP) is 3.97. The maximum atomic E-state index is 12.9. The Balaban J connectivity index is 1.71. The smallest absolute Gasteiger partial charge is 0.278 e. The van der Waals surface area contributed by atoms with E-state index in [0.717, 1.165) is 24.1 Å². The van der Waals surface area contributed by atoms with Gasteiger partial charge in [0, 0.05) is 18.3 Å². The Labute approximate surface area is 175 Å². The number of rotatable bonds is 8. The zero-order chi connectivity index (χ0) is 21.0. The van der Waals surface area contributed by atoms with Gasteiger partial charge in [-0.2, -0.15) is 0 Å². The van der Waals surface area contributed by atoms with Gasteiger partial charge in [-0.25, -0.2) is 4.98 Å². The fourth-order valence-corrected chi connectivity index (χ4v) is 4.06. The molecule has 0 aliphatic heterocycles. The molecule has 3 rings (SSSR count). The molecule has 2 N–H and O–H groups in total. The van der Waals surface area contributed by atoms with Gasteiger partial charge in [0.15, 0.2) is 5.16 Å². The van der Waals surface area contributed by atoms with Gasteiger partial charge in [0.2, 0.25) is 5.91 Å². The summed E-state index contributed by atoms with van der Waals surface area (Å²) in [5.41, 5.74) is 4.32. The van der Waals surface area contributed by atoms with Crippen LogP contribution in [0.4, 0.5) is 0 Å². The molecule has 1 amide bonds. The Kier molecular flexibility index (Phi) is 6.79. The van der Waals surface area contributed by atoms with Crippen LogP contribution >= 0.6 is 11.8 Å². The number of benzene rings is 1. The van der Waals surface area contributed by atoms with Crippen LogP contribution in [0.1, 0.15) is 50.1 Å². The highest BCUT2D eigenvalue weighted by atomic mass is 32.2. The minimum Gasteiger partial charge on any atom is -0.353 e. The van der Waals surface area contributed by atoms with Gasteiger partial charge in [-0.15, -0.1) is 0 Å². The third-order valence-corrected chi connectivity index (χ3v) is 6.02. The van der Waals surface area contributed by atoms with E-state index < -0.39 is 0 Å². The number of hydrogen-bond donors (Lipinski definition) is 2. The van der Waals surface area contributed by atoms with Gasteiger partial charge in [-0.05, 0) is 43.9 Å². The summed E-state index contributed by atoms with van der Waals surface area (Å²) in [7, 11) is 0. The molecular formula is C22H28N4O2S. The number of nitrogens with one attached hydrogen (secondary N) is 2. The van der Waals surface area contributed by atoms with Gasteiger partial charge in [0.1, 0.15) is 5.52 Å². The average molecular weight is 413 g/mol. The van der Waals surface area contributed by atoms with E-state index in [-0.39, 0.29) is 23.3 Å². The predicted molar refractivity (Wildman–Crippen MR) is 118 cm³/mol. The molecule has 0 spiro atoms. The summed E-state index contributed by atoms with van der Waals surface area (Å²) in [4.78, 5) is 33.1. The molecule has 0 aliphatic carbocycles. The third-order valence-electron chi connectivity index (χ3n) is 5.07. The fraction of sp³-hybridized carbons (Fsp3) is 0.409. The summed E-state index contributed by atoms with van der Waals surface area (Å²) in [6.07, 6.45) is 1.81. The quantitative estimate of drug-likeness (QED) is 0.433. The first-order valence-electron chi connectivity index (χ1n) is 10.0. The van der Waals surface area contributed by atoms with E-state index in [1.165, 1.54) is 17.3 Å². The molecular weight excluding hydrogens is 384 g/mol. The molecule has 3 aromatic rings. The first-order chi connectivity index (χ1) is 13.9. The largest absolute Gasteiger partial charge is 0.353 e. The summed E-state index contributed by atoms with van der Waals surface area (Å²) in [5, 5.41) is 3.53. The molecule has 2 aromatic heterocycles. The van der Waals surface area contributed by atoms with Crippen LogP contribution in [0.5, 0.6) is 0 Å².